The summed E-state index contributed by atoms with van der Waals surface area (Å²) in [6.07, 6.45) is -2.36. The van der Waals surface area contributed by atoms with Crippen molar-refractivity contribution in [2.45, 2.75) is 19.1 Å². The van der Waals surface area contributed by atoms with Crippen molar-refractivity contribution in [3.8, 4) is 17.2 Å². The summed E-state index contributed by atoms with van der Waals surface area (Å²) in [5, 5.41) is 9.20. The van der Waals surface area contributed by atoms with Crippen LogP contribution in [-0.4, -0.2) is 20.3 Å². The molecular formula is C17H13F3N4O. The van der Waals surface area contributed by atoms with Crippen molar-refractivity contribution in [1.29, 1.82) is 5.26 Å². The van der Waals surface area contributed by atoms with Crippen molar-refractivity contribution in [1.82, 2.24) is 14.1 Å². The fourth-order valence-electron chi connectivity index (χ4n) is 2.75. The SMILES string of the molecule is Cn1c(=O)n(CCC(F)(F)F)c2ccc(-c3cnccc3C#N)cc21. The van der Waals surface area contributed by atoms with Gasteiger partial charge in [0.25, 0.3) is 0 Å². The predicted molar refractivity (Wildman–Crippen MR) is 85.8 cm³/mol. The largest absolute Gasteiger partial charge is 0.390 e. The third kappa shape index (κ3) is 3.13. The van der Waals surface area contributed by atoms with E-state index in [9.17, 15) is 23.2 Å². The molecule has 2 aromatic heterocycles. The molecule has 0 aliphatic rings. The summed E-state index contributed by atoms with van der Waals surface area (Å²) in [5.74, 6) is 0. The zero-order valence-electron chi connectivity index (χ0n) is 13.2. The van der Waals surface area contributed by atoms with Gasteiger partial charge in [0.2, 0.25) is 0 Å². The monoisotopic (exact) mass is 346 g/mol. The number of benzene rings is 1. The van der Waals surface area contributed by atoms with Crippen molar-refractivity contribution in [2.24, 2.45) is 7.05 Å². The quantitative estimate of drug-likeness (QED) is 0.731. The Morgan fingerprint density at radius 1 is 1.24 bits per heavy atom. The number of rotatable bonds is 3. The van der Waals surface area contributed by atoms with Crippen LogP contribution in [0.2, 0.25) is 0 Å². The molecule has 0 bridgehead atoms. The Labute approximate surface area is 140 Å². The van der Waals surface area contributed by atoms with E-state index in [0.29, 0.717) is 27.7 Å². The molecule has 128 valence electrons. The van der Waals surface area contributed by atoms with Crippen LogP contribution < -0.4 is 5.69 Å². The lowest BCUT2D eigenvalue weighted by molar-refractivity contribution is -0.136. The molecule has 2 heterocycles. The van der Waals surface area contributed by atoms with E-state index < -0.39 is 24.8 Å². The minimum absolute atomic E-state index is 0.419. The number of pyridine rings is 1. The molecule has 0 N–H and O–H groups in total. The first-order valence-corrected chi connectivity index (χ1v) is 7.42. The average Bonchev–Trinajstić information content (AvgIpc) is 2.83. The van der Waals surface area contributed by atoms with Gasteiger partial charge in [-0.2, -0.15) is 18.4 Å². The standard InChI is InChI=1S/C17H13F3N4O/c1-23-15-8-11(13-10-22-6-4-12(13)9-21)2-3-14(15)24(16(23)25)7-5-17(18,19)20/h2-4,6,8,10H,5,7H2,1H3. The second kappa shape index (κ2) is 6.09. The normalized spacial score (nSPS) is 11.6. The number of hydrogen-bond donors (Lipinski definition) is 0. The fraction of sp³-hybridized carbons (Fsp3) is 0.235. The summed E-state index contributed by atoms with van der Waals surface area (Å²) in [6.45, 7) is -0.435. The van der Waals surface area contributed by atoms with Crippen molar-refractivity contribution < 1.29 is 13.2 Å². The van der Waals surface area contributed by atoms with Crippen LogP contribution in [0.1, 0.15) is 12.0 Å². The number of hydrogen-bond acceptors (Lipinski definition) is 3. The minimum Gasteiger partial charge on any atom is -0.295 e. The van der Waals surface area contributed by atoms with Crippen LogP contribution in [0.25, 0.3) is 22.2 Å². The molecule has 0 unspecified atom stereocenters. The van der Waals surface area contributed by atoms with Gasteiger partial charge in [-0.05, 0) is 23.8 Å². The number of nitrogens with zero attached hydrogens (tertiary/aromatic N) is 4. The number of fused-ring (bicyclic) bond motifs is 1. The van der Waals surface area contributed by atoms with Gasteiger partial charge in [-0.25, -0.2) is 4.79 Å². The van der Waals surface area contributed by atoms with Gasteiger partial charge >= 0.3 is 11.9 Å². The first-order valence-electron chi connectivity index (χ1n) is 7.42. The van der Waals surface area contributed by atoms with E-state index >= 15 is 0 Å². The summed E-state index contributed by atoms with van der Waals surface area (Å²) in [7, 11) is 1.51. The Morgan fingerprint density at radius 3 is 2.68 bits per heavy atom. The van der Waals surface area contributed by atoms with E-state index in [0.717, 1.165) is 4.57 Å². The molecule has 0 saturated carbocycles. The topological polar surface area (TPSA) is 63.6 Å². The molecule has 0 spiro atoms. The van der Waals surface area contributed by atoms with Crippen LogP contribution >= 0.6 is 0 Å². The molecule has 0 aliphatic carbocycles. The van der Waals surface area contributed by atoms with E-state index in [2.05, 4.69) is 11.1 Å². The number of imidazole rings is 1. The Morgan fingerprint density at radius 2 is 2.00 bits per heavy atom. The Kier molecular flexibility index (Phi) is 4.08. The fourth-order valence-corrected chi connectivity index (χ4v) is 2.75. The maximum Gasteiger partial charge on any atom is 0.390 e. The van der Waals surface area contributed by atoms with Crippen LogP contribution in [0.3, 0.4) is 0 Å². The zero-order valence-corrected chi connectivity index (χ0v) is 13.2. The molecule has 0 fully saturated rings. The molecule has 0 atom stereocenters. The van der Waals surface area contributed by atoms with Gasteiger partial charge < -0.3 is 0 Å². The third-order valence-corrected chi connectivity index (χ3v) is 4.02. The minimum atomic E-state index is -4.33. The first-order chi connectivity index (χ1) is 11.8. The molecule has 25 heavy (non-hydrogen) atoms. The summed E-state index contributed by atoms with van der Waals surface area (Å²) < 4.78 is 39.9. The van der Waals surface area contributed by atoms with Gasteiger partial charge in [-0.1, -0.05) is 6.07 Å². The Balaban J connectivity index is 2.12. The van der Waals surface area contributed by atoms with Gasteiger partial charge in [-0.15, -0.1) is 0 Å². The number of aryl methyl sites for hydroxylation is 2. The molecule has 0 saturated heterocycles. The van der Waals surface area contributed by atoms with Gasteiger partial charge in [0.1, 0.15) is 0 Å². The highest BCUT2D eigenvalue weighted by molar-refractivity contribution is 5.84. The maximum absolute atomic E-state index is 12.5. The highest BCUT2D eigenvalue weighted by atomic mass is 19.4. The van der Waals surface area contributed by atoms with Crippen molar-refractivity contribution in [3.05, 3.63) is 52.7 Å². The second-order valence-corrected chi connectivity index (χ2v) is 5.59. The lowest BCUT2D eigenvalue weighted by atomic mass is 10.0. The van der Waals surface area contributed by atoms with Gasteiger partial charge in [-0.3, -0.25) is 14.1 Å². The highest BCUT2D eigenvalue weighted by Gasteiger charge is 2.27. The van der Waals surface area contributed by atoms with Crippen LogP contribution in [0, 0.1) is 11.3 Å². The Hall–Kier alpha value is -3.08. The molecule has 3 rings (SSSR count). The molecule has 8 heteroatoms. The highest BCUT2D eigenvalue weighted by Crippen LogP contribution is 2.27. The molecule has 1 aromatic carbocycles. The van der Waals surface area contributed by atoms with Crippen LogP contribution in [0.5, 0.6) is 0 Å². The second-order valence-electron chi connectivity index (χ2n) is 5.59. The molecule has 5 nitrogen and oxygen atoms in total. The van der Waals surface area contributed by atoms with Gasteiger partial charge in [0.05, 0.1) is 29.1 Å². The zero-order chi connectivity index (χ0) is 18.2. The Bertz CT molecular complexity index is 1040. The molecule has 3 aromatic rings. The summed E-state index contributed by atoms with van der Waals surface area (Å²) in [6, 6.07) is 8.59. The van der Waals surface area contributed by atoms with Crippen LogP contribution in [0.4, 0.5) is 13.2 Å². The van der Waals surface area contributed by atoms with Gasteiger partial charge in [0, 0.05) is 31.5 Å². The van der Waals surface area contributed by atoms with Crippen molar-refractivity contribution in [3.63, 3.8) is 0 Å². The number of alkyl halides is 3. The molecular weight excluding hydrogens is 333 g/mol. The summed E-state index contributed by atoms with van der Waals surface area (Å²) in [5.41, 5.74) is 2.10. The lowest BCUT2D eigenvalue weighted by Crippen LogP contribution is -2.24. The molecule has 0 amide bonds. The van der Waals surface area contributed by atoms with Crippen LogP contribution in [0.15, 0.2) is 41.5 Å². The summed E-state index contributed by atoms with van der Waals surface area (Å²) in [4.78, 5) is 16.3. The van der Waals surface area contributed by atoms with Crippen LogP contribution in [-0.2, 0) is 13.6 Å². The average molecular weight is 346 g/mol. The van der Waals surface area contributed by atoms with Crippen molar-refractivity contribution >= 4 is 11.0 Å². The molecule has 0 radical (unpaired) electrons. The summed E-state index contributed by atoms with van der Waals surface area (Å²) >= 11 is 0. The number of nitriles is 1. The predicted octanol–water partition coefficient (Wildman–Crippen LogP) is 3.23. The smallest absolute Gasteiger partial charge is 0.295 e. The number of aromatic nitrogens is 3. The van der Waals surface area contributed by atoms with E-state index in [1.54, 1.807) is 30.5 Å². The van der Waals surface area contributed by atoms with E-state index in [1.165, 1.54) is 17.8 Å². The van der Waals surface area contributed by atoms with Gasteiger partial charge in [0.15, 0.2) is 0 Å². The first kappa shape index (κ1) is 16.8. The lowest BCUT2D eigenvalue weighted by Gasteiger charge is -2.07. The van der Waals surface area contributed by atoms with E-state index in [4.69, 9.17) is 0 Å². The molecule has 0 aliphatic heterocycles. The van der Waals surface area contributed by atoms with E-state index in [-0.39, 0.29) is 0 Å². The third-order valence-electron chi connectivity index (χ3n) is 4.02. The van der Waals surface area contributed by atoms with E-state index in [1.807, 2.05) is 0 Å². The maximum atomic E-state index is 12.5. The number of halogens is 3. The van der Waals surface area contributed by atoms with Crippen molar-refractivity contribution in [2.75, 3.05) is 0 Å².